The SMILES string of the molecule is CN(CCCNc1nc(C(F)F)nc2ccccc12)C1CCCCC1. The minimum absolute atomic E-state index is 0.416. The van der Waals surface area contributed by atoms with Gasteiger partial charge in [0.05, 0.1) is 5.52 Å². The molecule has 1 aliphatic rings. The van der Waals surface area contributed by atoms with Gasteiger partial charge < -0.3 is 10.2 Å². The van der Waals surface area contributed by atoms with Crippen LogP contribution in [0.4, 0.5) is 14.6 Å². The summed E-state index contributed by atoms with van der Waals surface area (Å²) in [5.41, 5.74) is 0.551. The molecule has 0 atom stereocenters. The molecule has 1 fully saturated rings. The number of fused-ring (bicyclic) bond motifs is 1. The van der Waals surface area contributed by atoms with E-state index in [9.17, 15) is 8.78 Å². The van der Waals surface area contributed by atoms with Gasteiger partial charge in [-0.05, 0) is 45.0 Å². The van der Waals surface area contributed by atoms with Gasteiger partial charge >= 0.3 is 0 Å². The zero-order valence-corrected chi connectivity index (χ0v) is 14.7. The van der Waals surface area contributed by atoms with Crippen LogP contribution >= 0.6 is 0 Å². The third-order valence-corrected chi connectivity index (χ3v) is 4.99. The van der Waals surface area contributed by atoms with Crippen molar-refractivity contribution in [2.24, 2.45) is 0 Å². The quantitative estimate of drug-likeness (QED) is 0.741. The first-order chi connectivity index (χ1) is 12.1. The highest BCUT2D eigenvalue weighted by Crippen LogP contribution is 2.24. The van der Waals surface area contributed by atoms with Crippen LogP contribution in [0.15, 0.2) is 24.3 Å². The zero-order valence-electron chi connectivity index (χ0n) is 14.7. The predicted octanol–water partition coefficient (Wildman–Crippen LogP) is 4.63. The van der Waals surface area contributed by atoms with Crippen molar-refractivity contribution in [3.05, 3.63) is 30.1 Å². The van der Waals surface area contributed by atoms with E-state index < -0.39 is 12.2 Å². The van der Waals surface area contributed by atoms with Gasteiger partial charge in [-0.25, -0.2) is 18.7 Å². The van der Waals surface area contributed by atoms with Crippen LogP contribution in [-0.2, 0) is 0 Å². The predicted molar refractivity (Wildman–Crippen MR) is 97.1 cm³/mol. The standard InChI is InChI=1S/C19H26F2N4/c1-25(14-8-3-2-4-9-14)13-7-12-22-18-15-10-5-6-11-16(15)23-19(24-18)17(20)21/h5-6,10-11,14,17H,2-4,7-9,12-13H2,1H3,(H,22,23,24). The molecule has 0 bridgehead atoms. The molecule has 0 spiro atoms. The van der Waals surface area contributed by atoms with Crippen molar-refractivity contribution in [1.82, 2.24) is 14.9 Å². The highest BCUT2D eigenvalue weighted by atomic mass is 19.3. The van der Waals surface area contributed by atoms with Gasteiger partial charge in [0, 0.05) is 18.0 Å². The molecule has 1 aliphatic carbocycles. The Hall–Kier alpha value is -1.82. The lowest BCUT2D eigenvalue weighted by Gasteiger charge is -2.31. The molecule has 0 amide bonds. The molecular formula is C19H26F2N4. The molecule has 1 aromatic heterocycles. The van der Waals surface area contributed by atoms with Crippen molar-refractivity contribution in [2.45, 2.75) is 51.0 Å². The average molecular weight is 348 g/mol. The lowest BCUT2D eigenvalue weighted by atomic mass is 9.94. The van der Waals surface area contributed by atoms with E-state index in [1.165, 1.54) is 32.1 Å². The second-order valence-corrected chi connectivity index (χ2v) is 6.80. The van der Waals surface area contributed by atoms with E-state index in [-0.39, 0.29) is 0 Å². The van der Waals surface area contributed by atoms with Gasteiger partial charge in [-0.2, -0.15) is 0 Å². The van der Waals surface area contributed by atoms with E-state index in [0.29, 0.717) is 23.9 Å². The Morgan fingerprint density at radius 3 is 2.68 bits per heavy atom. The van der Waals surface area contributed by atoms with Crippen LogP contribution in [0, 0.1) is 0 Å². The fourth-order valence-electron chi connectivity index (χ4n) is 3.57. The first-order valence-electron chi connectivity index (χ1n) is 9.14. The normalized spacial score (nSPS) is 16.0. The first kappa shape index (κ1) is 18.0. The van der Waals surface area contributed by atoms with Crippen molar-refractivity contribution in [3.8, 4) is 0 Å². The summed E-state index contributed by atoms with van der Waals surface area (Å²) in [5.74, 6) is 0.0849. The minimum Gasteiger partial charge on any atom is -0.369 e. The number of alkyl halides is 2. The Morgan fingerprint density at radius 2 is 1.92 bits per heavy atom. The van der Waals surface area contributed by atoms with Crippen LogP contribution in [0.5, 0.6) is 0 Å². The monoisotopic (exact) mass is 348 g/mol. The van der Waals surface area contributed by atoms with Crippen molar-refractivity contribution < 1.29 is 8.78 Å². The van der Waals surface area contributed by atoms with Gasteiger partial charge in [0.2, 0.25) is 0 Å². The van der Waals surface area contributed by atoms with Crippen LogP contribution in [0.3, 0.4) is 0 Å². The Balaban J connectivity index is 1.59. The Morgan fingerprint density at radius 1 is 1.16 bits per heavy atom. The lowest BCUT2D eigenvalue weighted by molar-refractivity contribution is 0.141. The number of hydrogen-bond acceptors (Lipinski definition) is 4. The molecule has 4 nitrogen and oxygen atoms in total. The molecule has 2 aromatic rings. The molecule has 3 rings (SSSR count). The van der Waals surface area contributed by atoms with Gasteiger partial charge in [0.25, 0.3) is 6.43 Å². The van der Waals surface area contributed by atoms with Gasteiger partial charge in [-0.1, -0.05) is 31.4 Å². The summed E-state index contributed by atoms with van der Waals surface area (Å²) < 4.78 is 26.0. The van der Waals surface area contributed by atoms with E-state index >= 15 is 0 Å². The smallest absolute Gasteiger partial charge is 0.297 e. The summed E-state index contributed by atoms with van der Waals surface area (Å²) in [6.07, 6.45) is 4.89. The van der Waals surface area contributed by atoms with Gasteiger partial charge in [-0.3, -0.25) is 0 Å². The average Bonchev–Trinajstić information content (AvgIpc) is 2.65. The summed E-state index contributed by atoms with van der Waals surface area (Å²) >= 11 is 0. The third-order valence-electron chi connectivity index (χ3n) is 4.99. The zero-order chi connectivity index (χ0) is 17.6. The summed E-state index contributed by atoms with van der Waals surface area (Å²) in [4.78, 5) is 10.4. The topological polar surface area (TPSA) is 41.0 Å². The molecule has 6 heteroatoms. The maximum Gasteiger partial charge on any atom is 0.297 e. The van der Waals surface area contributed by atoms with Gasteiger partial charge in [0.15, 0.2) is 5.82 Å². The molecule has 0 saturated heterocycles. The number of hydrogen-bond donors (Lipinski definition) is 1. The number of halogens is 2. The van der Waals surface area contributed by atoms with E-state index in [2.05, 4.69) is 27.2 Å². The molecular weight excluding hydrogens is 322 g/mol. The Kier molecular flexibility index (Phi) is 6.13. The Labute approximate surface area is 147 Å². The van der Waals surface area contributed by atoms with Crippen molar-refractivity contribution in [1.29, 1.82) is 0 Å². The van der Waals surface area contributed by atoms with E-state index in [1.807, 2.05) is 12.1 Å². The molecule has 1 saturated carbocycles. The number of rotatable bonds is 7. The number of anilines is 1. The van der Waals surface area contributed by atoms with E-state index in [1.54, 1.807) is 12.1 Å². The molecule has 0 aliphatic heterocycles. The van der Waals surface area contributed by atoms with Gasteiger partial charge in [-0.15, -0.1) is 0 Å². The number of nitrogens with zero attached hydrogens (tertiary/aromatic N) is 3. The maximum atomic E-state index is 13.0. The molecule has 1 N–H and O–H groups in total. The fraction of sp³-hybridized carbons (Fsp3) is 0.579. The van der Waals surface area contributed by atoms with Crippen LogP contribution in [0.2, 0.25) is 0 Å². The van der Waals surface area contributed by atoms with Crippen molar-refractivity contribution in [3.63, 3.8) is 0 Å². The van der Waals surface area contributed by atoms with E-state index in [4.69, 9.17) is 0 Å². The molecule has 0 radical (unpaired) electrons. The third kappa shape index (κ3) is 4.63. The minimum atomic E-state index is -2.66. The van der Waals surface area contributed by atoms with Crippen molar-refractivity contribution in [2.75, 3.05) is 25.5 Å². The van der Waals surface area contributed by atoms with Crippen LogP contribution in [-0.4, -0.2) is 41.0 Å². The highest BCUT2D eigenvalue weighted by molar-refractivity contribution is 5.88. The van der Waals surface area contributed by atoms with Crippen molar-refractivity contribution >= 4 is 16.7 Å². The highest BCUT2D eigenvalue weighted by Gasteiger charge is 2.18. The fourth-order valence-corrected chi connectivity index (χ4v) is 3.57. The largest absolute Gasteiger partial charge is 0.369 e. The molecule has 136 valence electrons. The number of nitrogens with one attached hydrogen (secondary N) is 1. The molecule has 1 heterocycles. The lowest BCUT2D eigenvalue weighted by Crippen LogP contribution is -2.34. The van der Waals surface area contributed by atoms with Crippen LogP contribution < -0.4 is 5.32 Å². The second-order valence-electron chi connectivity index (χ2n) is 6.80. The van der Waals surface area contributed by atoms with Crippen LogP contribution in [0.25, 0.3) is 10.9 Å². The summed E-state index contributed by atoms with van der Waals surface area (Å²) in [6.45, 7) is 1.71. The maximum absolute atomic E-state index is 13.0. The molecule has 1 aromatic carbocycles. The molecule has 25 heavy (non-hydrogen) atoms. The first-order valence-corrected chi connectivity index (χ1v) is 9.14. The second kappa shape index (κ2) is 8.52. The molecule has 0 unspecified atom stereocenters. The van der Waals surface area contributed by atoms with E-state index in [0.717, 1.165) is 18.4 Å². The number of para-hydroxylation sites is 1. The Bertz CT molecular complexity index is 686. The van der Waals surface area contributed by atoms with Gasteiger partial charge in [0.1, 0.15) is 5.82 Å². The number of aromatic nitrogens is 2. The van der Waals surface area contributed by atoms with Crippen LogP contribution in [0.1, 0.15) is 50.8 Å². The summed E-state index contributed by atoms with van der Waals surface area (Å²) in [7, 11) is 2.19. The summed E-state index contributed by atoms with van der Waals surface area (Å²) in [6, 6.07) is 7.97. The summed E-state index contributed by atoms with van der Waals surface area (Å²) in [5, 5.41) is 4.01. The number of benzene rings is 1.